The number of ether oxygens (including phenoxy) is 4. The number of rotatable bonds is 8. The lowest BCUT2D eigenvalue weighted by atomic mass is 10.1. The molecule has 8 heteroatoms. The summed E-state index contributed by atoms with van der Waals surface area (Å²) in [5, 5.41) is 6.66. The van der Waals surface area contributed by atoms with Gasteiger partial charge in [-0.2, -0.15) is 0 Å². The topological polar surface area (TPSA) is 87.0 Å². The standard InChI is InChI=1S/C26H25N3O5/c1-30-19-11-17(12-20(14-19)31-2)15-27-22-6-4-3-5-21(22)25-16-28-26(34-25)29-18-7-8-23-24(13-18)33-10-9-32-23/h3-8,11-14,16,27H,9-10,15H2,1-2H3,(H,28,29). The van der Waals surface area contributed by atoms with E-state index in [4.69, 9.17) is 23.4 Å². The maximum Gasteiger partial charge on any atom is 0.299 e. The zero-order chi connectivity index (χ0) is 23.3. The van der Waals surface area contributed by atoms with Crippen molar-refractivity contribution in [3.63, 3.8) is 0 Å². The van der Waals surface area contributed by atoms with Gasteiger partial charge in [0.1, 0.15) is 24.7 Å². The van der Waals surface area contributed by atoms with Crippen LogP contribution in [-0.4, -0.2) is 32.4 Å². The molecule has 1 aliphatic heterocycles. The molecule has 0 fully saturated rings. The largest absolute Gasteiger partial charge is 0.497 e. The number of methoxy groups -OCH3 is 2. The van der Waals surface area contributed by atoms with Crippen LogP contribution < -0.4 is 29.6 Å². The van der Waals surface area contributed by atoms with Crippen molar-refractivity contribution in [1.82, 2.24) is 4.98 Å². The molecule has 174 valence electrons. The lowest BCUT2D eigenvalue weighted by Gasteiger charge is -2.18. The zero-order valence-electron chi connectivity index (χ0n) is 19.0. The molecule has 0 saturated heterocycles. The smallest absolute Gasteiger partial charge is 0.299 e. The van der Waals surface area contributed by atoms with Crippen LogP contribution >= 0.6 is 0 Å². The van der Waals surface area contributed by atoms with Crippen LogP contribution in [0.1, 0.15) is 5.56 Å². The summed E-state index contributed by atoms with van der Waals surface area (Å²) >= 11 is 0. The number of hydrogen-bond acceptors (Lipinski definition) is 8. The van der Waals surface area contributed by atoms with E-state index in [0.29, 0.717) is 37.3 Å². The summed E-state index contributed by atoms with van der Waals surface area (Å²) in [5.74, 6) is 3.57. The summed E-state index contributed by atoms with van der Waals surface area (Å²) in [7, 11) is 3.28. The fourth-order valence-electron chi connectivity index (χ4n) is 3.72. The number of fused-ring (bicyclic) bond motifs is 1. The van der Waals surface area contributed by atoms with Gasteiger partial charge in [-0.1, -0.05) is 12.1 Å². The van der Waals surface area contributed by atoms with Gasteiger partial charge < -0.3 is 34.0 Å². The third-order valence-corrected chi connectivity index (χ3v) is 5.39. The third-order valence-electron chi connectivity index (χ3n) is 5.39. The Morgan fingerprint density at radius 3 is 2.44 bits per heavy atom. The van der Waals surface area contributed by atoms with Gasteiger partial charge in [-0.15, -0.1) is 0 Å². The second-order valence-electron chi connectivity index (χ2n) is 7.63. The first-order valence-corrected chi connectivity index (χ1v) is 10.9. The fourth-order valence-corrected chi connectivity index (χ4v) is 3.72. The molecule has 0 saturated carbocycles. The van der Waals surface area contributed by atoms with Crippen molar-refractivity contribution in [3.05, 3.63) is 72.4 Å². The highest BCUT2D eigenvalue weighted by atomic mass is 16.6. The van der Waals surface area contributed by atoms with Gasteiger partial charge in [-0.3, -0.25) is 0 Å². The van der Waals surface area contributed by atoms with Crippen molar-refractivity contribution >= 4 is 17.4 Å². The van der Waals surface area contributed by atoms with Crippen molar-refractivity contribution < 1.29 is 23.4 Å². The summed E-state index contributed by atoms with van der Waals surface area (Å²) < 4.78 is 28.0. The molecule has 8 nitrogen and oxygen atoms in total. The van der Waals surface area contributed by atoms with Crippen LogP contribution in [0, 0.1) is 0 Å². The minimum Gasteiger partial charge on any atom is -0.497 e. The van der Waals surface area contributed by atoms with E-state index < -0.39 is 0 Å². The maximum absolute atomic E-state index is 6.01. The molecule has 3 aromatic carbocycles. The van der Waals surface area contributed by atoms with E-state index in [2.05, 4.69) is 15.6 Å². The molecule has 2 heterocycles. The number of nitrogens with one attached hydrogen (secondary N) is 2. The normalized spacial score (nSPS) is 12.2. The van der Waals surface area contributed by atoms with Crippen LogP contribution in [0.4, 0.5) is 17.4 Å². The molecule has 0 spiro atoms. The van der Waals surface area contributed by atoms with Crippen LogP contribution in [0.15, 0.2) is 71.3 Å². The zero-order valence-corrected chi connectivity index (χ0v) is 19.0. The van der Waals surface area contributed by atoms with Gasteiger partial charge in [0.15, 0.2) is 17.3 Å². The Balaban J connectivity index is 1.32. The van der Waals surface area contributed by atoms with E-state index in [1.807, 2.05) is 60.7 Å². The quantitative estimate of drug-likeness (QED) is 0.358. The average Bonchev–Trinajstić information content (AvgIpc) is 3.35. The minimum absolute atomic E-state index is 0.388. The SMILES string of the molecule is COc1cc(CNc2ccccc2-c2cnc(Nc3ccc4c(c3)OCCO4)o2)cc(OC)c1. The van der Waals surface area contributed by atoms with E-state index in [1.54, 1.807) is 20.4 Å². The Kier molecular flexibility index (Phi) is 6.11. The van der Waals surface area contributed by atoms with Gasteiger partial charge in [0.25, 0.3) is 6.01 Å². The van der Waals surface area contributed by atoms with Crippen LogP contribution in [0.5, 0.6) is 23.0 Å². The van der Waals surface area contributed by atoms with Crippen LogP contribution in [0.2, 0.25) is 0 Å². The lowest BCUT2D eigenvalue weighted by Crippen LogP contribution is -2.15. The van der Waals surface area contributed by atoms with Crippen molar-refractivity contribution in [2.24, 2.45) is 0 Å². The predicted octanol–water partition coefficient (Wildman–Crippen LogP) is 5.49. The summed E-state index contributed by atoms with van der Waals surface area (Å²) in [5.41, 5.74) is 3.66. The van der Waals surface area contributed by atoms with Gasteiger partial charge >= 0.3 is 0 Å². The summed E-state index contributed by atoms with van der Waals surface area (Å²) in [6, 6.07) is 19.8. The first-order valence-electron chi connectivity index (χ1n) is 10.9. The monoisotopic (exact) mass is 459 g/mol. The van der Waals surface area contributed by atoms with Gasteiger partial charge in [0, 0.05) is 35.6 Å². The molecule has 5 rings (SSSR count). The molecule has 34 heavy (non-hydrogen) atoms. The van der Waals surface area contributed by atoms with Gasteiger partial charge in [-0.05, 0) is 42.0 Å². The molecule has 4 aromatic rings. The highest BCUT2D eigenvalue weighted by Gasteiger charge is 2.14. The highest BCUT2D eigenvalue weighted by molar-refractivity contribution is 5.75. The predicted molar refractivity (Wildman–Crippen MR) is 130 cm³/mol. The Morgan fingerprint density at radius 2 is 1.65 bits per heavy atom. The highest BCUT2D eigenvalue weighted by Crippen LogP contribution is 2.35. The number of hydrogen-bond donors (Lipinski definition) is 2. The number of benzene rings is 3. The molecule has 0 amide bonds. The van der Waals surface area contributed by atoms with Gasteiger partial charge in [0.05, 0.1) is 20.4 Å². The number of oxazole rings is 1. The van der Waals surface area contributed by atoms with Crippen LogP contribution in [0.25, 0.3) is 11.3 Å². The molecule has 0 aliphatic carbocycles. The fraction of sp³-hybridized carbons (Fsp3) is 0.192. The van der Waals surface area contributed by atoms with Crippen molar-refractivity contribution in [2.45, 2.75) is 6.54 Å². The molecular weight excluding hydrogens is 434 g/mol. The first kappa shape index (κ1) is 21.5. The molecular formula is C26H25N3O5. The Morgan fingerprint density at radius 1 is 0.882 bits per heavy atom. The average molecular weight is 460 g/mol. The van der Waals surface area contributed by atoms with E-state index in [-0.39, 0.29) is 0 Å². The first-order chi connectivity index (χ1) is 16.7. The van der Waals surface area contributed by atoms with E-state index >= 15 is 0 Å². The Bertz CT molecular complexity index is 1260. The summed E-state index contributed by atoms with van der Waals surface area (Å²) in [6.07, 6.45) is 1.70. The minimum atomic E-state index is 0.388. The van der Waals surface area contributed by atoms with Crippen LogP contribution in [0.3, 0.4) is 0 Å². The molecule has 1 aliphatic rings. The Hall–Kier alpha value is -4.33. The van der Waals surface area contributed by atoms with Gasteiger partial charge in [-0.25, -0.2) is 4.98 Å². The molecule has 2 N–H and O–H groups in total. The molecule has 1 aromatic heterocycles. The van der Waals surface area contributed by atoms with Gasteiger partial charge in [0.2, 0.25) is 0 Å². The Labute approximate surface area is 197 Å². The summed E-state index contributed by atoms with van der Waals surface area (Å²) in [6.45, 7) is 1.68. The van der Waals surface area contributed by atoms with E-state index in [0.717, 1.165) is 39.8 Å². The molecule has 0 bridgehead atoms. The second kappa shape index (κ2) is 9.66. The third kappa shape index (κ3) is 4.71. The number of nitrogens with zero attached hydrogens (tertiary/aromatic N) is 1. The van der Waals surface area contributed by atoms with Crippen LogP contribution in [-0.2, 0) is 6.54 Å². The number of para-hydroxylation sites is 1. The van der Waals surface area contributed by atoms with Crippen molar-refractivity contribution in [2.75, 3.05) is 38.1 Å². The number of aromatic nitrogens is 1. The van der Waals surface area contributed by atoms with E-state index in [9.17, 15) is 0 Å². The number of anilines is 3. The summed E-state index contributed by atoms with van der Waals surface area (Å²) in [4.78, 5) is 4.39. The molecule has 0 atom stereocenters. The van der Waals surface area contributed by atoms with Crippen molar-refractivity contribution in [1.29, 1.82) is 0 Å². The molecule has 0 unspecified atom stereocenters. The second-order valence-corrected chi connectivity index (χ2v) is 7.63. The maximum atomic E-state index is 6.01. The molecule has 0 radical (unpaired) electrons. The van der Waals surface area contributed by atoms with E-state index in [1.165, 1.54) is 0 Å². The lowest BCUT2D eigenvalue weighted by molar-refractivity contribution is 0.171. The van der Waals surface area contributed by atoms with Crippen molar-refractivity contribution in [3.8, 4) is 34.3 Å².